The summed E-state index contributed by atoms with van der Waals surface area (Å²) in [6.45, 7) is 0.0596. The molecule has 7 heteroatoms. The van der Waals surface area contributed by atoms with E-state index in [1.54, 1.807) is 18.2 Å². The lowest BCUT2D eigenvalue weighted by atomic mass is 9.97. The van der Waals surface area contributed by atoms with E-state index in [0.29, 0.717) is 21.2 Å². The van der Waals surface area contributed by atoms with Crippen molar-refractivity contribution < 1.29 is 22.3 Å². The zero-order valence-corrected chi connectivity index (χ0v) is 14.9. The standard InChI is InChI=1S/C17H12BrFO4S/c1-24(21,22)12-5-2-10(3-6-12)13-9-23-17(20)16(13)11-4-7-14(18)15(19)8-11/h2-8H,9H2,1H3. The van der Waals surface area contributed by atoms with Crippen LogP contribution in [0.25, 0.3) is 11.1 Å². The van der Waals surface area contributed by atoms with Crippen LogP contribution >= 0.6 is 15.9 Å². The van der Waals surface area contributed by atoms with E-state index in [-0.39, 0.29) is 17.1 Å². The number of halogens is 2. The maximum absolute atomic E-state index is 13.8. The molecule has 0 radical (unpaired) electrons. The molecule has 0 aromatic heterocycles. The Hall–Kier alpha value is -1.99. The molecule has 0 unspecified atom stereocenters. The van der Waals surface area contributed by atoms with Crippen molar-refractivity contribution in [2.45, 2.75) is 4.90 Å². The van der Waals surface area contributed by atoms with Gasteiger partial charge in [-0.15, -0.1) is 0 Å². The predicted molar refractivity (Wildman–Crippen MR) is 91.4 cm³/mol. The summed E-state index contributed by atoms with van der Waals surface area (Å²) in [5, 5.41) is 0. The number of cyclic esters (lactones) is 1. The monoisotopic (exact) mass is 410 g/mol. The molecule has 4 nitrogen and oxygen atoms in total. The van der Waals surface area contributed by atoms with Crippen molar-refractivity contribution in [2.75, 3.05) is 12.9 Å². The van der Waals surface area contributed by atoms with Gasteiger partial charge in [0.25, 0.3) is 0 Å². The normalized spacial score (nSPS) is 14.9. The van der Waals surface area contributed by atoms with Crippen LogP contribution in [0.2, 0.25) is 0 Å². The third-order valence-electron chi connectivity index (χ3n) is 3.69. The van der Waals surface area contributed by atoms with Crippen LogP contribution in [0.15, 0.2) is 51.8 Å². The number of carbonyl (C=O) groups excluding carboxylic acids is 1. The molecule has 1 heterocycles. The summed E-state index contributed by atoms with van der Waals surface area (Å²) in [5.41, 5.74) is 1.96. The molecule has 1 aliphatic heterocycles. The van der Waals surface area contributed by atoms with E-state index in [9.17, 15) is 17.6 Å². The third-order valence-corrected chi connectivity index (χ3v) is 5.46. The molecular weight excluding hydrogens is 399 g/mol. The Bertz CT molecular complexity index is 963. The molecule has 0 bridgehead atoms. The van der Waals surface area contributed by atoms with Gasteiger partial charge in [0.15, 0.2) is 9.84 Å². The highest BCUT2D eigenvalue weighted by Crippen LogP contribution is 2.34. The third kappa shape index (κ3) is 3.14. The molecule has 0 atom stereocenters. The lowest BCUT2D eigenvalue weighted by molar-refractivity contribution is -0.133. The Kier molecular flexibility index (Phi) is 4.31. The Labute approximate surface area is 147 Å². The fourth-order valence-electron chi connectivity index (χ4n) is 2.48. The van der Waals surface area contributed by atoms with Gasteiger partial charge in [0.2, 0.25) is 0 Å². The molecule has 24 heavy (non-hydrogen) atoms. The molecule has 1 aliphatic rings. The fourth-order valence-corrected chi connectivity index (χ4v) is 3.36. The van der Waals surface area contributed by atoms with Crippen molar-refractivity contribution in [2.24, 2.45) is 0 Å². The van der Waals surface area contributed by atoms with Crippen molar-refractivity contribution >= 4 is 42.9 Å². The van der Waals surface area contributed by atoms with E-state index < -0.39 is 21.6 Å². The Morgan fingerprint density at radius 1 is 1.08 bits per heavy atom. The number of esters is 1. The van der Waals surface area contributed by atoms with Gasteiger partial charge in [0.05, 0.1) is 14.9 Å². The summed E-state index contributed by atoms with van der Waals surface area (Å²) in [4.78, 5) is 12.3. The van der Waals surface area contributed by atoms with Gasteiger partial charge in [-0.1, -0.05) is 18.2 Å². The average Bonchev–Trinajstić information content (AvgIpc) is 2.91. The molecule has 0 spiro atoms. The molecule has 0 saturated heterocycles. The van der Waals surface area contributed by atoms with Crippen LogP contribution in [0.3, 0.4) is 0 Å². The summed E-state index contributed by atoms with van der Waals surface area (Å²) < 4.78 is 42.2. The first kappa shape index (κ1) is 16.9. The van der Waals surface area contributed by atoms with Crippen molar-refractivity contribution in [3.05, 3.63) is 63.9 Å². The summed E-state index contributed by atoms with van der Waals surface area (Å²) in [5.74, 6) is -1.01. The van der Waals surface area contributed by atoms with Crippen molar-refractivity contribution in [3.8, 4) is 0 Å². The second kappa shape index (κ2) is 6.14. The maximum Gasteiger partial charge on any atom is 0.339 e. The van der Waals surface area contributed by atoms with Crippen LogP contribution in [0.5, 0.6) is 0 Å². The molecule has 3 rings (SSSR count). The molecule has 0 saturated carbocycles. The van der Waals surface area contributed by atoms with Gasteiger partial charge in [0.1, 0.15) is 12.4 Å². The first-order chi connectivity index (χ1) is 11.3. The average molecular weight is 411 g/mol. The highest BCUT2D eigenvalue weighted by Gasteiger charge is 2.27. The quantitative estimate of drug-likeness (QED) is 0.726. The minimum atomic E-state index is -3.30. The van der Waals surface area contributed by atoms with Gasteiger partial charge in [-0.3, -0.25) is 0 Å². The summed E-state index contributed by atoms with van der Waals surface area (Å²) >= 11 is 3.08. The molecule has 0 amide bonds. The molecule has 2 aromatic rings. The Morgan fingerprint density at radius 3 is 2.29 bits per heavy atom. The minimum absolute atomic E-state index is 0.0596. The van der Waals surface area contributed by atoms with E-state index >= 15 is 0 Å². The van der Waals surface area contributed by atoms with E-state index in [0.717, 1.165) is 6.26 Å². The van der Waals surface area contributed by atoms with Crippen LogP contribution in [-0.2, 0) is 19.4 Å². The van der Waals surface area contributed by atoms with E-state index in [1.165, 1.54) is 24.3 Å². The molecule has 2 aromatic carbocycles. The number of hydrogen-bond acceptors (Lipinski definition) is 4. The fraction of sp³-hybridized carbons (Fsp3) is 0.118. The number of rotatable bonds is 3. The van der Waals surface area contributed by atoms with E-state index in [4.69, 9.17) is 4.74 Å². The smallest absolute Gasteiger partial charge is 0.339 e. The number of hydrogen-bond donors (Lipinski definition) is 0. The molecule has 124 valence electrons. The molecule has 0 N–H and O–H groups in total. The lowest BCUT2D eigenvalue weighted by Gasteiger charge is -2.06. The number of ether oxygens (including phenoxy) is 1. The summed E-state index contributed by atoms with van der Waals surface area (Å²) in [6.07, 6.45) is 1.12. The van der Waals surface area contributed by atoms with E-state index in [1.807, 2.05) is 0 Å². The highest BCUT2D eigenvalue weighted by atomic mass is 79.9. The van der Waals surface area contributed by atoms with Crippen molar-refractivity contribution in [1.82, 2.24) is 0 Å². The van der Waals surface area contributed by atoms with Gasteiger partial charge in [-0.2, -0.15) is 0 Å². The lowest BCUT2D eigenvalue weighted by Crippen LogP contribution is -1.99. The number of carbonyl (C=O) groups is 1. The SMILES string of the molecule is CS(=O)(=O)c1ccc(C2=C(c3ccc(Br)c(F)c3)C(=O)OC2)cc1. The minimum Gasteiger partial charge on any atom is -0.457 e. The van der Waals surface area contributed by atoms with Crippen LogP contribution in [0.4, 0.5) is 4.39 Å². The van der Waals surface area contributed by atoms with Gasteiger partial charge in [-0.25, -0.2) is 17.6 Å². The summed E-state index contributed by atoms with van der Waals surface area (Å²) in [6, 6.07) is 10.6. The van der Waals surface area contributed by atoms with Gasteiger partial charge >= 0.3 is 5.97 Å². The summed E-state index contributed by atoms with van der Waals surface area (Å²) in [7, 11) is -3.30. The molecular formula is C17H12BrFO4S. The van der Waals surface area contributed by atoms with Crippen molar-refractivity contribution in [3.63, 3.8) is 0 Å². The Morgan fingerprint density at radius 2 is 1.71 bits per heavy atom. The van der Waals surface area contributed by atoms with Crippen LogP contribution < -0.4 is 0 Å². The van der Waals surface area contributed by atoms with Crippen molar-refractivity contribution in [1.29, 1.82) is 0 Å². The maximum atomic E-state index is 13.8. The number of sulfone groups is 1. The van der Waals surface area contributed by atoms with Crippen LogP contribution in [0.1, 0.15) is 11.1 Å². The van der Waals surface area contributed by atoms with Crippen LogP contribution in [-0.4, -0.2) is 27.2 Å². The van der Waals surface area contributed by atoms with Crippen LogP contribution in [0, 0.1) is 5.82 Å². The number of benzene rings is 2. The largest absolute Gasteiger partial charge is 0.457 e. The predicted octanol–water partition coefficient (Wildman–Crippen LogP) is 3.46. The van der Waals surface area contributed by atoms with E-state index in [2.05, 4.69) is 15.9 Å². The van der Waals surface area contributed by atoms with Gasteiger partial charge in [-0.05, 0) is 51.3 Å². The first-order valence-corrected chi connectivity index (χ1v) is 9.62. The first-order valence-electron chi connectivity index (χ1n) is 6.93. The molecule has 0 fully saturated rings. The second-order valence-corrected chi connectivity index (χ2v) is 8.23. The Balaban J connectivity index is 2.11. The van der Waals surface area contributed by atoms with Gasteiger partial charge in [0, 0.05) is 11.8 Å². The topological polar surface area (TPSA) is 60.4 Å². The zero-order valence-electron chi connectivity index (χ0n) is 12.5. The van der Waals surface area contributed by atoms with Gasteiger partial charge < -0.3 is 4.74 Å². The highest BCUT2D eigenvalue weighted by molar-refractivity contribution is 9.10. The second-order valence-electron chi connectivity index (χ2n) is 5.36. The zero-order chi connectivity index (χ0) is 17.5. The molecule has 0 aliphatic carbocycles.